The van der Waals surface area contributed by atoms with Crippen molar-refractivity contribution in [1.29, 1.82) is 0 Å². The summed E-state index contributed by atoms with van der Waals surface area (Å²) < 4.78 is 10.4. The van der Waals surface area contributed by atoms with E-state index < -0.39 is 11.6 Å². The van der Waals surface area contributed by atoms with Gasteiger partial charge in [0.15, 0.2) is 0 Å². The number of pyridine rings is 1. The fraction of sp³-hybridized carbons (Fsp3) is 0.667. The maximum absolute atomic E-state index is 12.6. The number of nitrogens with two attached hydrogens (primary N) is 1. The zero-order chi connectivity index (χ0) is 24.4. The van der Waals surface area contributed by atoms with Crippen LogP contribution in [0.3, 0.4) is 0 Å². The molecule has 1 atom stereocenters. The molecule has 2 heterocycles. The zero-order valence-corrected chi connectivity index (χ0v) is 20.3. The molecule has 3 N–H and O–H groups in total. The van der Waals surface area contributed by atoms with E-state index >= 15 is 0 Å². The summed E-state index contributed by atoms with van der Waals surface area (Å²) in [6.07, 6.45) is 4.07. The number of carbonyl (C=O) groups is 3. The molecule has 184 valence electrons. The second-order valence-electron chi connectivity index (χ2n) is 9.30. The first-order chi connectivity index (χ1) is 15.6. The second-order valence-corrected chi connectivity index (χ2v) is 9.30. The van der Waals surface area contributed by atoms with Crippen LogP contribution in [0.2, 0.25) is 0 Å². The molecule has 1 aliphatic rings. The third kappa shape index (κ3) is 9.37. The molecule has 0 spiro atoms. The van der Waals surface area contributed by atoms with E-state index in [4.69, 9.17) is 20.2 Å². The minimum Gasteiger partial charge on any atom is -0.466 e. The quantitative estimate of drug-likeness (QED) is 0.405. The van der Waals surface area contributed by atoms with Gasteiger partial charge in [-0.2, -0.15) is 0 Å². The number of aryl methyl sites for hydroxylation is 2. The predicted octanol–water partition coefficient (Wildman–Crippen LogP) is 2.88. The molecule has 9 heteroatoms. The minimum atomic E-state index is -0.560. The predicted molar refractivity (Wildman–Crippen MR) is 126 cm³/mol. The number of ether oxygens (including phenoxy) is 2. The lowest BCUT2D eigenvalue weighted by atomic mass is 10.0. The van der Waals surface area contributed by atoms with Crippen LogP contribution >= 0.6 is 0 Å². The first kappa shape index (κ1) is 26.6. The Balaban J connectivity index is 1.78. The van der Waals surface area contributed by atoms with Gasteiger partial charge in [0.25, 0.3) is 0 Å². The van der Waals surface area contributed by atoms with Crippen molar-refractivity contribution in [1.82, 2.24) is 10.3 Å². The molecule has 1 aliphatic heterocycles. The summed E-state index contributed by atoms with van der Waals surface area (Å²) >= 11 is 0. The Kier molecular flexibility index (Phi) is 10.1. The van der Waals surface area contributed by atoms with Crippen LogP contribution in [0.15, 0.2) is 12.1 Å². The highest BCUT2D eigenvalue weighted by Gasteiger charge is 2.28. The summed E-state index contributed by atoms with van der Waals surface area (Å²) in [7, 11) is 0. The third-order valence-electron chi connectivity index (χ3n) is 5.09. The van der Waals surface area contributed by atoms with Gasteiger partial charge < -0.3 is 20.5 Å². The van der Waals surface area contributed by atoms with Crippen molar-refractivity contribution in [2.45, 2.75) is 84.3 Å². The molecule has 0 saturated heterocycles. The Morgan fingerprint density at radius 1 is 1.24 bits per heavy atom. The van der Waals surface area contributed by atoms with Crippen LogP contribution in [0, 0.1) is 0 Å². The third-order valence-corrected chi connectivity index (χ3v) is 5.09. The number of carbonyl (C=O) groups excluding carboxylic acids is 3. The zero-order valence-electron chi connectivity index (χ0n) is 20.3. The summed E-state index contributed by atoms with van der Waals surface area (Å²) in [5, 5.41) is 2.76. The number of anilines is 1. The van der Waals surface area contributed by atoms with Crippen LogP contribution in [0.4, 0.5) is 10.6 Å². The van der Waals surface area contributed by atoms with Crippen LogP contribution in [0.5, 0.6) is 0 Å². The fourth-order valence-corrected chi connectivity index (χ4v) is 3.54. The highest BCUT2D eigenvalue weighted by molar-refractivity contribution is 5.88. The van der Waals surface area contributed by atoms with Crippen LogP contribution in [-0.4, -0.2) is 54.3 Å². The van der Waals surface area contributed by atoms with E-state index in [1.54, 1.807) is 11.8 Å². The van der Waals surface area contributed by atoms with Crippen molar-refractivity contribution in [3.05, 3.63) is 23.4 Å². The molecule has 0 saturated carbocycles. The molecule has 9 nitrogen and oxygen atoms in total. The number of nitrogens with zero attached hydrogens (tertiary/aromatic N) is 2. The highest BCUT2D eigenvalue weighted by atomic mass is 16.6. The normalized spacial score (nSPS) is 14.3. The van der Waals surface area contributed by atoms with Gasteiger partial charge in [-0.15, -0.1) is 0 Å². The maximum Gasteiger partial charge on any atom is 0.416 e. The van der Waals surface area contributed by atoms with E-state index in [9.17, 15) is 14.4 Å². The Bertz CT molecular complexity index is 822. The van der Waals surface area contributed by atoms with Gasteiger partial charge in [0.05, 0.1) is 13.0 Å². The standard InChI is InChI=1S/C24H38N4O5/c1-5-32-21(30)15-18(25)16-26-20(29)11-7-6-10-19-13-12-17-9-8-14-28(22(17)27-19)23(31)33-24(2,3)4/h12-13,18H,5-11,14-16,25H2,1-4H3,(H,26,29). The van der Waals surface area contributed by atoms with Crippen molar-refractivity contribution < 1.29 is 23.9 Å². The molecule has 0 fully saturated rings. The Hall–Kier alpha value is -2.68. The fourth-order valence-electron chi connectivity index (χ4n) is 3.54. The number of fused-ring (bicyclic) bond motifs is 1. The van der Waals surface area contributed by atoms with Crippen LogP contribution < -0.4 is 16.0 Å². The second kappa shape index (κ2) is 12.5. The van der Waals surface area contributed by atoms with Gasteiger partial charge in [-0.25, -0.2) is 9.78 Å². The Morgan fingerprint density at radius 2 is 2.00 bits per heavy atom. The van der Waals surface area contributed by atoms with Crippen LogP contribution in [-0.2, 0) is 31.9 Å². The molecule has 1 aromatic rings. The molecule has 1 unspecified atom stereocenters. The van der Waals surface area contributed by atoms with E-state index in [1.165, 1.54) is 0 Å². The van der Waals surface area contributed by atoms with Crippen molar-refractivity contribution in [2.75, 3.05) is 24.6 Å². The molecular weight excluding hydrogens is 424 g/mol. The van der Waals surface area contributed by atoms with Gasteiger partial charge in [0.2, 0.25) is 5.91 Å². The summed E-state index contributed by atoms with van der Waals surface area (Å²) in [6.45, 7) is 8.44. The van der Waals surface area contributed by atoms with Gasteiger partial charge in [0.1, 0.15) is 11.4 Å². The number of hydrogen-bond acceptors (Lipinski definition) is 7. The largest absolute Gasteiger partial charge is 0.466 e. The Morgan fingerprint density at radius 3 is 2.70 bits per heavy atom. The molecule has 2 rings (SSSR count). The SMILES string of the molecule is CCOC(=O)CC(N)CNC(=O)CCCCc1ccc2c(n1)N(C(=O)OC(C)(C)C)CCC2. The summed E-state index contributed by atoms with van der Waals surface area (Å²) in [5.74, 6) is 0.229. The van der Waals surface area contributed by atoms with E-state index in [1.807, 2.05) is 32.9 Å². The van der Waals surface area contributed by atoms with Crippen molar-refractivity contribution in [3.63, 3.8) is 0 Å². The smallest absolute Gasteiger partial charge is 0.416 e. The van der Waals surface area contributed by atoms with Gasteiger partial charge in [-0.05, 0) is 71.4 Å². The van der Waals surface area contributed by atoms with Gasteiger partial charge >= 0.3 is 12.1 Å². The molecule has 0 radical (unpaired) electrons. The van der Waals surface area contributed by atoms with E-state index in [-0.39, 0.29) is 30.9 Å². The monoisotopic (exact) mass is 462 g/mol. The molecule has 0 aromatic carbocycles. The first-order valence-corrected chi connectivity index (χ1v) is 11.8. The Labute approximate surface area is 196 Å². The molecule has 2 amide bonds. The van der Waals surface area contributed by atoms with Crippen molar-refractivity contribution in [2.24, 2.45) is 5.73 Å². The number of nitrogens with one attached hydrogen (secondary N) is 1. The number of rotatable bonds is 10. The molecule has 0 aliphatic carbocycles. The average molecular weight is 463 g/mol. The average Bonchev–Trinajstić information content (AvgIpc) is 2.73. The van der Waals surface area contributed by atoms with Crippen molar-refractivity contribution in [3.8, 4) is 0 Å². The molecule has 1 aromatic heterocycles. The van der Waals surface area contributed by atoms with E-state index in [0.29, 0.717) is 38.2 Å². The maximum atomic E-state index is 12.6. The number of aromatic nitrogens is 1. The van der Waals surface area contributed by atoms with Crippen LogP contribution in [0.1, 0.15) is 71.1 Å². The minimum absolute atomic E-state index is 0.0818. The molecule has 33 heavy (non-hydrogen) atoms. The molecular formula is C24H38N4O5. The van der Waals surface area contributed by atoms with Crippen LogP contribution in [0.25, 0.3) is 0 Å². The lowest BCUT2D eigenvalue weighted by molar-refractivity contribution is -0.143. The van der Waals surface area contributed by atoms with Crippen molar-refractivity contribution >= 4 is 23.8 Å². The lowest BCUT2D eigenvalue weighted by Crippen LogP contribution is -2.40. The lowest BCUT2D eigenvalue weighted by Gasteiger charge is -2.31. The summed E-state index contributed by atoms with van der Waals surface area (Å²) in [4.78, 5) is 42.4. The van der Waals surface area contributed by atoms with E-state index in [0.717, 1.165) is 30.5 Å². The van der Waals surface area contributed by atoms with Gasteiger partial charge in [-0.1, -0.05) is 6.07 Å². The number of esters is 1. The molecule has 0 bridgehead atoms. The van der Waals surface area contributed by atoms with E-state index in [2.05, 4.69) is 5.32 Å². The van der Waals surface area contributed by atoms with Gasteiger partial charge in [-0.3, -0.25) is 14.5 Å². The number of amides is 2. The number of hydrogen-bond donors (Lipinski definition) is 2. The first-order valence-electron chi connectivity index (χ1n) is 11.8. The van der Waals surface area contributed by atoms with Gasteiger partial charge in [0, 0.05) is 31.2 Å². The summed E-state index contributed by atoms with van der Waals surface area (Å²) in [6, 6.07) is 3.57. The number of unbranched alkanes of at least 4 members (excludes halogenated alkanes) is 1. The topological polar surface area (TPSA) is 124 Å². The summed E-state index contributed by atoms with van der Waals surface area (Å²) in [5.41, 5.74) is 7.23. The highest BCUT2D eigenvalue weighted by Crippen LogP contribution is 2.27.